The van der Waals surface area contributed by atoms with Gasteiger partial charge in [0.1, 0.15) is 11.3 Å². The molecular weight excluding hydrogens is 411 g/mol. The van der Waals surface area contributed by atoms with Crippen LogP contribution in [0.1, 0.15) is 38.2 Å². The molecule has 0 aliphatic rings. The average Bonchev–Trinajstić information content (AvgIpc) is 2.66. The fourth-order valence-electron chi connectivity index (χ4n) is 1.18. The van der Waals surface area contributed by atoms with E-state index < -0.39 is 23.4 Å². The third kappa shape index (κ3) is 5.58. The summed E-state index contributed by atoms with van der Waals surface area (Å²) in [5, 5.41) is 2.60. The molecule has 21 heavy (non-hydrogen) atoms. The van der Waals surface area contributed by atoms with Gasteiger partial charge >= 0.3 is 12.1 Å². The van der Waals surface area contributed by atoms with Gasteiger partial charge in [-0.15, -0.1) is 0 Å². The molecule has 0 bridgehead atoms. The Hall–Kier alpha value is -1.23. The van der Waals surface area contributed by atoms with Crippen molar-refractivity contribution in [3.8, 4) is 0 Å². The van der Waals surface area contributed by atoms with Gasteiger partial charge in [0.15, 0.2) is 5.13 Å². The van der Waals surface area contributed by atoms with Gasteiger partial charge < -0.3 is 9.47 Å². The monoisotopic (exact) mass is 426 g/mol. The molecule has 1 aromatic heterocycles. The van der Waals surface area contributed by atoms with Gasteiger partial charge in [-0.2, -0.15) is 0 Å². The average molecular weight is 426 g/mol. The van der Waals surface area contributed by atoms with Crippen molar-refractivity contribution in [2.75, 3.05) is 11.9 Å². The molecule has 0 aliphatic carbocycles. The van der Waals surface area contributed by atoms with E-state index in [0.717, 1.165) is 11.3 Å². The van der Waals surface area contributed by atoms with Crippen molar-refractivity contribution in [3.63, 3.8) is 0 Å². The predicted octanol–water partition coefficient (Wildman–Crippen LogP) is 2.84. The summed E-state index contributed by atoms with van der Waals surface area (Å²) in [7, 11) is 0. The lowest BCUT2D eigenvalue weighted by atomic mass is 10.2. The van der Waals surface area contributed by atoms with Gasteiger partial charge in [0.05, 0.1) is 9.49 Å². The first-order valence-electron chi connectivity index (χ1n) is 6.01. The number of anilines is 1. The number of carbonyl (C=O) groups is 3. The third-order valence-corrected chi connectivity index (χ3v) is 3.80. The summed E-state index contributed by atoms with van der Waals surface area (Å²) < 4.78 is 10.2. The number of hydrogen-bond donors (Lipinski definition) is 1. The number of carbonyl (C=O) groups excluding carboxylic acids is 3. The van der Waals surface area contributed by atoms with E-state index >= 15 is 0 Å². The van der Waals surface area contributed by atoms with E-state index in [9.17, 15) is 14.4 Å². The molecule has 1 heterocycles. The van der Waals surface area contributed by atoms with Crippen LogP contribution in [0.3, 0.4) is 0 Å². The van der Waals surface area contributed by atoms with Crippen LogP contribution >= 0.6 is 33.9 Å². The Kier molecular flexibility index (Phi) is 6.08. The van der Waals surface area contributed by atoms with Crippen molar-refractivity contribution in [1.82, 2.24) is 4.98 Å². The second kappa shape index (κ2) is 7.16. The SMILES string of the molecule is CCOC(=O)C(=O)c1nc(NC(=O)OC(C)(C)C)sc1I. The highest BCUT2D eigenvalue weighted by molar-refractivity contribution is 14.1. The number of nitrogens with one attached hydrogen (secondary N) is 1. The number of Topliss-reactive ketones (excluding diaryl/α,β-unsaturated/α-hetero) is 1. The molecule has 7 nitrogen and oxygen atoms in total. The molecular formula is C12H15IN2O5S. The molecule has 0 saturated heterocycles. The van der Waals surface area contributed by atoms with E-state index in [1.54, 1.807) is 27.7 Å². The highest BCUT2D eigenvalue weighted by Gasteiger charge is 2.25. The number of nitrogens with zero attached hydrogens (tertiary/aromatic N) is 1. The van der Waals surface area contributed by atoms with Crippen LogP contribution in [0.4, 0.5) is 9.93 Å². The molecule has 0 spiro atoms. The minimum atomic E-state index is -0.968. The van der Waals surface area contributed by atoms with Gasteiger partial charge in [0.2, 0.25) is 0 Å². The second-order valence-electron chi connectivity index (χ2n) is 4.82. The van der Waals surface area contributed by atoms with E-state index in [1.807, 2.05) is 22.6 Å². The predicted molar refractivity (Wildman–Crippen MR) is 85.7 cm³/mol. The van der Waals surface area contributed by atoms with Gasteiger partial charge in [0.25, 0.3) is 5.78 Å². The number of ketones is 1. The summed E-state index contributed by atoms with van der Waals surface area (Å²) in [6.45, 7) is 6.90. The van der Waals surface area contributed by atoms with Gasteiger partial charge in [-0.1, -0.05) is 11.3 Å². The van der Waals surface area contributed by atoms with Crippen LogP contribution < -0.4 is 5.32 Å². The summed E-state index contributed by atoms with van der Waals surface area (Å²) in [6.07, 6.45) is -0.678. The topological polar surface area (TPSA) is 94.6 Å². The van der Waals surface area contributed by atoms with Crippen molar-refractivity contribution in [1.29, 1.82) is 0 Å². The summed E-state index contributed by atoms with van der Waals surface area (Å²) in [4.78, 5) is 38.7. The fraction of sp³-hybridized carbons (Fsp3) is 0.500. The van der Waals surface area contributed by atoms with Crippen LogP contribution in [-0.4, -0.2) is 35.0 Å². The number of amides is 1. The molecule has 116 valence electrons. The Labute approximate surface area is 139 Å². The number of aromatic nitrogens is 1. The normalized spacial score (nSPS) is 10.9. The Bertz CT molecular complexity index is 564. The summed E-state index contributed by atoms with van der Waals surface area (Å²) in [6, 6.07) is 0. The van der Waals surface area contributed by atoms with Crippen molar-refractivity contribution in [3.05, 3.63) is 8.58 Å². The van der Waals surface area contributed by atoms with Gasteiger partial charge in [0, 0.05) is 0 Å². The molecule has 1 rings (SSSR count). The fourth-order valence-corrected chi connectivity index (χ4v) is 2.85. The number of hydrogen-bond acceptors (Lipinski definition) is 7. The van der Waals surface area contributed by atoms with Gasteiger partial charge in [-0.05, 0) is 50.3 Å². The van der Waals surface area contributed by atoms with E-state index in [1.165, 1.54) is 0 Å². The number of rotatable bonds is 4. The molecule has 0 fully saturated rings. The molecule has 0 aromatic carbocycles. The van der Waals surface area contributed by atoms with E-state index in [-0.39, 0.29) is 17.4 Å². The second-order valence-corrected chi connectivity index (χ2v) is 7.63. The van der Waals surface area contributed by atoms with Crippen LogP contribution in [-0.2, 0) is 14.3 Å². The van der Waals surface area contributed by atoms with Gasteiger partial charge in [-0.25, -0.2) is 14.6 Å². The zero-order valence-corrected chi connectivity index (χ0v) is 15.0. The van der Waals surface area contributed by atoms with E-state index in [4.69, 9.17) is 4.74 Å². The van der Waals surface area contributed by atoms with Crippen LogP contribution in [0.25, 0.3) is 0 Å². The third-order valence-electron chi connectivity index (χ3n) is 1.87. The largest absolute Gasteiger partial charge is 0.460 e. The van der Waals surface area contributed by atoms with E-state index in [0.29, 0.717) is 2.88 Å². The molecule has 1 amide bonds. The highest BCUT2D eigenvalue weighted by atomic mass is 127. The molecule has 0 unspecified atom stereocenters. The number of ether oxygens (including phenoxy) is 2. The Morgan fingerprint density at radius 3 is 2.48 bits per heavy atom. The van der Waals surface area contributed by atoms with Crippen molar-refractivity contribution < 1.29 is 23.9 Å². The Morgan fingerprint density at radius 1 is 1.33 bits per heavy atom. The molecule has 0 radical (unpaired) electrons. The summed E-state index contributed by atoms with van der Waals surface area (Å²) in [5.41, 5.74) is -0.678. The number of thiazole rings is 1. The number of halogens is 1. The molecule has 9 heteroatoms. The zero-order chi connectivity index (χ0) is 16.2. The minimum Gasteiger partial charge on any atom is -0.460 e. The number of esters is 1. The maximum absolute atomic E-state index is 11.8. The maximum Gasteiger partial charge on any atom is 0.413 e. The highest BCUT2D eigenvalue weighted by Crippen LogP contribution is 2.25. The van der Waals surface area contributed by atoms with Crippen molar-refractivity contribution in [2.45, 2.75) is 33.3 Å². The lowest BCUT2D eigenvalue weighted by molar-refractivity contribution is -0.137. The quantitative estimate of drug-likeness (QED) is 0.345. The lowest BCUT2D eigenvalue weighted by Gasteiger charge is -2.18. The standard InChI is InChI=1S/C12H15IN2O5S/c1-5-19-9(17)7(16)6-8(13)21-10(14-6)15-11(18)20-12(2,3)4/h5H2,1-4H3,(H,14,15,18). The molecule has 1 N–H and O–H groups in total. The van der Waals surface area contributed by atoms with Crippen LogP contribution in [0.2, 0.25) is 0 Å². The molecule has 1 aromatic rings. The first-order valence-corrected chi connectivity index (χ1v) is 7.91. The smallest absolute Gasteiger partial charge is 0.413 e. The van der Waals surface area contributed by atoms with Crippen molar-refractivity contribution in [2.24, 2.45) is 0 Å². The lowest BCUT2D eigenvalue weighted by Crippen LogP contribution is -2.27. The minimum absolute atomic E-state index is 0.0369. The summed E-state index contributed by atoms with van der Waals surface area (Å²) in [5.74, 6) is -1.81. The van der Waals surface area contributed by atoms with Crippen molar-refractivity contribution >= 4 is 56.9 Å². The molecule has 0 aliphatic heterocycles. The first-order chi connectivity index (χ1) is 9.64. The van der Waals surface area contributed by atoms with Crippen LogP contribution in [0, 0.1) is 2.88 Å². The Balaban J connectivity index is 2.81. The van der Waals surface area contributed by atoms with E-state index in [2.05, 4.69) is 15.0 Å². The Morgan fingerprint density at radius 2 is 1.95 bits per heavy atom. The van der Waals surface area contributed by atoms with Gasteiger partial charge in [-0.3, -0.25) is 10.1 Å². The maximum atomic E-state index is 11.8. The van der Waals surface area contributed by atoms with Crippen LogP contribution in [0.15, 0.2) is 0 Å². The molecule has 0 atom stereocenters. The molecule has 0 saturated carbocycles. The van der Waals surface area contributed by atoms with Crippen LogP contribution in [0.5, 0.6) is 0 Å². The zero-order valence-electron chi connectivity index (χ0n) is 12.0. The first kappa shape index (κ1) is 17.8. The summed E-state index contributed by atoms with van der Waals surface area (Å²) >= 11 is 2.94.